The highest BCUT2D eigenvalue weighted by atomic mass is 16.4. The Bertz CT molecular complexity index is 639. The molecule has 0 unspecified atom stereocenters. The summed E-state index contributed by atoms with van der Waals surface area (Å²) in [4.78, 5) is 3.24. The molecule has 3 aromatic rings. The third kappa shape index (κ3) is 1.82. The molecule has 17 heavy (non-hydrogen) atoms. The highest BCUT2D eigenvalue weighted by molar-refractivity contribution is 5.83. The van der Waals surface area contributed by atoms with Crippen LogP contribution in [0.4, 0.5) is 0 Å². The van der Waals surface area contributed by atoms with Crippen LogP contribution in [0.15, 0.2) is 34.9 Å². The fourth-order valence-corrected chi connectivity index (χ4v) is 1.94. The summed E-state index contributed by atoms with van der Waals surface area (Å²) in [5.41, 5.74) is 2.32. The van der Waals surface area contributed by atoms with Crippen molar-refractivity contribution in [2.45, 2.75) is 19.8 Å². The zero-order chi connectivity index (χ0) is 11.7. The first-order chi connectivity index (χ1) is 8.36. The number of hydrogen-bond donors (Lipinski definition) is 1. The number of aromatic amines is 1. The van der Waals surface area contributed by atoms with Crippen LogP contribution in [0.25, 0.3) is 10.9 Å². The third-order valence-electron chi connectivity index (χ3n) is 2.83. The van der Waals surface area contributed by atoms with E-state index >= 15 is 0 Å². The molecule has 0 bridgehead atoms. The normalized spacial score (nSPS) is 11.1. The smallest absolute Gasteiger partial charge is 0.221 e. The quantitative estimate of drug-likeness (QED) is 0.748. The molecule has 0 saturated carbocycles. The lowest BCUT2D eigenvalue weighted by atomic mass is 10.1. The maximum Gasteiger partial charge on any atom is 0.221 e. The zero-order valence-electron chi connectivity index (χ0n) is 9.60. The van der Waals surface area contributed by atoms with Gasteiger partial charge in [-0.15, -0.1) is 10.2 Å². The van der Waals surface area contributed by atoms with Crippen LogP contribution in [-0.4, -0.2) is 15.2 Å². The van der Waals surface area contributed by atoms with Crippen LogP contribution in [0.2, 0.25) is 0 Å². The number of nitrogens with zero attached hydrogens (tertiary/aromatic N) is 2. The molecule has 3 rings (SSSR count). The van der Waals surface area contributed by atoms with E-state index in [0.717, 1.165) is 11.9 Å². The summed E-state index contributed by atoms with van der Waals surface area (Å²) in [5, 5.41) is 9.22. The van der Waals surface area contributed by atoms with Gasteiger partial charge in [0.05, 0.1) is 6.42 Å². The fourth-order valence-electron chi connectivity index (χ4n) is 1.94. The Hall–Kier alpha value is -2.10. The van der Waals surface area contributed by atoms with Gasteiger partial charge < -0.3 is 9.40 Å². The Kier molecular flexibility index (Phi) is 2.40. The largest absolute Gasteiger partial charge is 0.425 e. The van der Waals surface area contributed by atoms with E-state index < -0.39 is 0 Å². The second-order valence-corrected chi connectivity index (χ2v) is 3.98. The Balaban J connectivity index is 1.94. The maximum atomic E-state index is 5.52. The number of H-pyrrole nitrogens is 1. The first kappa shape index (κ1) is 10.1. The van der Waals surface area contributed by atoms with Gasteiger partial charge in [0.2, 0.25) is 11.8 Å². The minimum atomic E-state index is 0.673. The molecule has 0 spiro atoms. The van der Waals surface area contributed by atoms with Crippen molar-refractivity contribution < 1.29 is 4.42 Å². The highest BCUT2D eigenvalue weighted by Crippen LogP contribution is 2.20. The maximum absolute atomic E-state index is 5.52. The van der Waals surface area contributed by atoms with Crippen LogP contribution >= 0.6 is 0 Å². The average Bonchev–Trinajstić information content (AvgIpc) is 2.97. The number of fused-ring (bicyclic) bond motifs is 1. The Morgan fingerprint density at radius 2 is 2.00 bits per heavy atom. The van der Waals surface area contributed by atoms with E-state index in [2.05, 4.69) is 27.3 Å². The molecule has 2 aromatic heterocycles. The summed E-state index contributed by atoms with van der Waals surface area (Å²) in [5.74, 6) is 1.37. The number of benzene rings is 1. The molecule has 0 radical (unpaired) electrons. The van der Waals surface area contributed by atoms with Gasteiger partial charge in [0.15, 0.2) is 0 Å². The molecular formula is C13H13N3O. The third-order valence-corrected chi connectivity index (χ3v) is 2.83. The Morgan fingerprint density at radius 3 is 2.82 bits per heavy atom. The van der Waals surface area contributed by atoms with Crippen molar-refractivity contribution in [3.05, 3.63) is 47.8 Å². The van der Waals surface area contributed by atoms with E-state index in [1.807, 2.05) is 25.3 Å². The number of aryl methyl sites for hydroxylation is 1. The van der Waals surface area contributed by atoms with Crippen LogP contribution in [0.3, 0.4) is 0 Å². The van der Waals surface area contributed by atoms with Crippen molar-refractivity contribution in [2.24, 2.45) is 0 Å². The molecular weight excluding hydrogens is 214 g/mol. The molecule has 1 N–H and O–H groups in total. The van der Waals surface area contributed by atoms with Crippen LogP contribution in [0.5, 0.6) is 0 Å². The lowest BCUT2D eigenvalue weighted by molar-refractivity contribution is 0.463. The van der Waals surface area contributed by atoms with Gasteiger partial charge in [0.1, 0.15) is 0 Å². The van der Waals surface area contributed by atoms with Gasteiger partial charge in [-0.1, -0.05) is 25.1 Å². The summed E-state index contributed by atoms with van der Waals surface area (Å²) in [6, 6.07) is 8.21. The zero-order valence-corrected chi connectivity index (χ0v) is 9.60. The number of aromatic nitrogens is 3. The van der Waals surface area contributed by atoms with Crippen LogP contribution in [0, 0.1) is 0 Å². The monoisotopic (exact) mass is 227 g/mol. The van der Waals surface area contributed by atoms with Gasteiger partial charge in [-0.3, -0.25) is 0 Å². The highest BCUT2D eigenvalue weighted by Gasteiger charge is 2.09. The molecule has 2 heterocycles. The van der Waals surface area contributed by atoms with Crippen molar-refractivity contribution in [1.29, 1.82) is 0 Å². The molecule has 0 aliphatic rings. The number of rotatable bonds is 3. The SMILES string of the molecule is CCc1nnc(Cc2c[nH]c3ccccc23)o1. The minimum Gasteiger partial charge on any atom is -0.425 e. The van der Waals surface area contributed by atoms with Gasteiger partial charge in [-0.2, -0.15) is 0 Å². The lowest BCUT2D eigenvalue weighted by Gasteiger charge is -1.94. The number of nitrogens with one attached hydrogen (secondary N) is 1. The summed E-state index contributed by atoms with van der Waals surface area (Å²) >= 11 is 0. The summed E-state index contributed by atoms with van der Waals surface area (Å²) in [6.45, 7) is 2.00. The average molecular weight is 227 g/mol. The lowest BCUT2D eigenvalue weighted by Crippen LogP contribution is -1.86. The van der Waals surface area contributed by atoms with E-state index in [1.54, 1.807) is 0 Å². The molecule has 0 fully saturated rings. The van der Waals surface area contributed by atoms with Crippen LogP contribution in [-0.2, 0) is 12.8 Å². The van der Waals surface area contributed by atoms with E-state index in [9.17, 15) is 0 Å². The topological polar surface area (TPSA) is 54.7 Å². The molecule has 1 aromatic carbocycles. The summed E-state index contributed by atoms with van der Waals surface area (Å²) in [7, 11) is 0. The fraction of sp³-hybridized carbons (Fsp3) is 0.231. The number of para-hydroxylation sites is 1. The second-order valence-electron chi connectivity index (χ2n) is 3.98. The summed E-state index contributed by atoms with van der Waals surface area (Å²) in [6.07, 6.45) is 3.46. The van der Waals surface area contributed by atoms with E-state index in [1.165, 1.54) is 10.9 Å². The number of hydrogen-bond acceptors (Lipinski definition) is 3. The molecule has 86 valence electrons. The molecule has 4 nitrogen and oxygen atoms in total. The van der Waals surface area contributed by atoms with E-state index in [-0.39, 0.29) is 0 Å². The predicted molar refractivity (Wildman–Crippen MR) is 64.8 cm³/mol. The van der Waals surface area contributed by atoms with Crippen molar-refractivity contribution in [2.75, 3.05) is 0 Å². The first-order valence-electron chi connectivity index (χ1n) is 5.73. The molecule has 0 aliphatic heterocycles. The Labute approximate surface area is 98.7 Å². The second kappa shape index (κ2) is 4.05. The molecule has 0 aliphatic carbocycles. The standard InChI is InChI=1S/C13H13N3O/c1-2-12-15-16-13(17-12)7-9-8-14-11-6-4-3-5-10(9)11/h3-6,8,14H,2,7H2,1H3. The van der Waals surface area contributed by atoms with Crippen LogP contribution in [0.1, 0.15) is 24.3 Å². The molecule has 0 amide bonds. The first-order valence-corrected chi connectivity index (χ1v) is 5.73. The van der Waals surface area contributed by atoms with E-state index in [0.29, 0.717) is 18.2 Å². The predicted octanol–water partition coefficient (Wildman–Crippen LogP) is 2.70. The van der Waals surface area contributed by atoms with Gasteiger partial charge in [-0.25, -0.2) is 0 Å². The van der Waals surface area contributed by atoms with Crippen molar-refractivity contribution in [3.8, 4) is 0 Å². The van der Waals surface area contributed by atoms with Gasteiger partial charge in [0.25, 0.3) is 0 Å². The van der Waals surface area contributed by atoms with Gasteiger partial charge in [0, 0.05) is 23.5 Å². The molecule has 0 atom stereocenters. The van der Waals surface area contributed by atoms with Crippen molar-refractivity contribution >= 4 is 10.9 Å². The van der Waals surface area contributed by atoms with Gasteiger partial charge >= 0.3 is 0 Å². The molecule has 0 saturated heterocycles. The molecule has 4 heteroatoms. The Morgan fingerprint density at radius 1 is 1.18 bits per heavy atom. The summed E-state index contributed by atoms with van der Waals surface area (Å²) < 4.78 is 5.52. The van der Waals surface area contributed by atoms with Crippen molar-refractivity contribution in [3.63, 3.8) is 0 Å². The van der Waals surface area contributed by atoms with Crippen molar-refractivity contribution in [1.82, 2.24) is 15.2 Å². The van der Waals surface area contributed by atoms with Crippen LogP contribution < -0.4 is 0 Å². The minimum absolute atomic E-state index is 0.673. The van der Waals surface area contributed by atoms with E-state index in [4.69, 9.17) is 4.42 Å². The van der Waals surface area contributed by atoms with Gasteiger partial charge in [-0.05, 0) is 11.6 Å².